The molecule has 9 rings (SSSR count). The summed E-state index contributed by atoms with van der Waals surface area (Å²) in [6.45, 7) is 56.9. The van der Waals surface area contributed by atoms with Crippen molar-refractivity contribution in [2.24, 2.45) is 0 Å². The van der Waals surface area contributed by atoms with E-state index in [1.54, 1.807) is 0 Å². The van der Waals surface area contributed by atoms with Crippen molar-refractivity contribution in [2.75, 3.05) is 0 Å². The van der Waals surface area contributed by atoms with Crippen molar-refractivity contribution in [3.63, 3.8) is 0 Å². The molecule has 0 atom stereocenters. The van der Waals surface area contributed by atoms with Gasteiger partial charge in [0.1, 0.15) is 0 Å². The lowest BCUT2D eigenvalue weighted by Crippen LogP contribution is -2.11. The van der Waals surface area contributed by atoms with E-state index in [2.05, 4.69) is 300 Å². The van der Waals surface area contributed by atoms with E-state index in [1.807, 2.05) is 11.3 Å². The molecule has 79 heavy (non-hydrogen) atoms. The number of rotatable bonds is 6. The largest absolute Gasteiger partial charge is 0.143 e. The zero-order valence-electron chi connectivity index (χ0n) is 53.3. The van der Waals surface area contributed by atoms with Gasteiger partial charge in [-0.25, -0.2) is 0 Å². The van der Waals surface area contributed by atoms with Crippen LogP contribution in [0.3, 0.4) is 0 Å². The summed E-state index contributed by atoms with van der Waals surface area (Å²) < 4.78 is 0. The molecule has 0 unspecified atom stereocenters. The first-order chi connectivity index (χ1) is 36.2. The van der Waals surface area contributed by atoms with Crippen LogP contribution in [0.4, 0.5) is 0 Å². The van der Waals surface area contributed by atoms with Gasteiger partial charge in [0.15, 0.2) is 0 Å². The molecule has 0 bridgehead atoms. The van der Waals surface area contributed by atoms with Gasteiger partial charge in [0.2, 0.25) is 0 Å². The molecule has 0 nitrogen and oxygen atoms in total. The average Bonchev–Trinajstić information content (AvgIpc) is 4.06. The topological polar surface area (TPSA) is 0 Å². The highest BCUT2D eigenvalue weighted by molar-refractivity contribution is 7.12. The van der Waals surface area contributed by atoms with Gasteiger partial charge in [0, 0.05) is 21.6 Å². The van der Waals surface area contributed by atoms with Crippen LogP contribution in [0.5, 0.6) is 0 Å². The average molecular weight is 1070 g/mol. The Labute approximate surface area is 484 Å². The van der Waals surface area contributed by atoms with E-state index < -0.39 is 0 Å². The Kier molecular flexibility index (Phi) is 14.4. The first-order valence-corrected chi connectivity index (χ1v) is 30.5. The highest BCUT2D eigenvalue weighted by atomic mass is 32.1. The van der Waals surface area contributed by atoms with Gasteiger partial charge in [0.25, 0.3) is 0 Å². The van der Waals surface area contributed by atoms with Gasteiger partial charge in [-0.15, -0.1) is 11.3 Å². The highest BCUT2D eigenvalue weighted by Crippen LogP contribution is 2.56. The first kappa shape index (κ1) is 58.2. The second kappa shape index (κ2) is 19.6. The van der Waals surface area contributed by atoms with Crippen LogP contribution in [0.2, 0.25) is 0 Å². The molecule has 0 aromatic carbocycles. The molecule has 1 heteroatoms. The summed E-state index contributed by atoms with van der Waals surface area (Å²) in [4.78, 5) is 2.76. The Morgan fingerprint density at radius 2 is 0.392 bits per heavy atom. The Morgan fingerprint density at radius 1 is 0.215 bits per heavy atom. The summed E-state index contributed by atoms with van der Waals surface area (Å²) >= 11 is 2.05. The fraction of sp³-hybridized carbons (Fsp3) is 0.436. The molecule has 0 aliphatic heterocycles. The molecule has 0 radical (unpaired) electrons. The lowest BCUT2D eigenvalue weighted by atomic mass is 9.85. The fourth-order valence-electron chi connectivity index (χ4n) is 12.6. The number of hydrogen-bond donors (Lipinski definition) is 0. The second-order valence-electron chi connectivity index (χ2n) is 32.0. The van der Waals surface area contributed by atoms with Gasteiger partial charge in [-0.2, -0.15) is 0 Å². The van der Waals surface area contributed by atoms with Crippen LogP contribution in [-0.4, -0.2) is 0 Å². The first-order valence-electron chi connectivity index (χ1n) is 29.6. The SMILES string of the molecule is CC(C)(C)c1ccc2c(C(c3ccc(C(c4cc(C(C)(C)C)c5ccc(C(C)(C)C)ccc4-5)c4cc(C(C)(C)C)c5ccc(C(C)(C)C)ccc4-5)s3)c3cc(C(C)(C)C)c4ccc(C(C)(C)C)ccc3-4)cc(C(C)(C)C)c-2cc1. The maximum absolute atomic E-state index is 2.61. The fourth-order valence-corrected chi connectivity index (χ4v) is 13.9. The standard InChI is InChI=1S/C78H96S/c1-71(2,3)47-25-33-51-55(37-29-47)63(75(13,14)15)43-59(51)69(60-44-64(76(16,17)18)56-38-30-48(72(4,5)6)26-34-52(56)60)67-41-42-68(79-67)70(61-45-65(77(19,20)21)57-39-31-49(73(7,8)9)27-35-53(57)61)62-46-66(78(22,23)24)58-40-32-50(74(10,11)12)28-36-54(58)62/h25-46,69-70H,1-24H3. The predicted octanol–water partition coefficient (Wildman–Crippen LogP) is 22.9. The molecule has 0 N–H and O–H groups in total. The maximum Gasteiger partial charge on any atom is 0.0446 e. The second-order valence-corrected chi connectivity index (χ2v) is 33.1. The number of thiophene rings is 1. The van der Waals surface area contributed by atoms with Crippen LogP contribution >= 0.6 is 11.3 Å². The minimum Gasteiger partial charge on any atom is -0.143 e. The van der Waals surface area contributed by atoms with E-state index in [0.717, 1.165) is 0 Å². The monoisotopic (exact) mass is 1060 g/mol. The van der Waals surface area contributed by atoms with Crippen LogP contribution in [-0.2, 0) is 43.3 Å². The van der Waals surface area contributed by atoms with Crippen molar-refractivity contribution in [1.82, 2.24) is 0 Å². The third-order valence-electron chi connectivity index (χ3n) is 17.4. The lowest BCUT2D eigenvalue weighted by Gasteiger charge is -2.20. The smallest absolute Gasteiger partial charge is 0.0446 e. The van der Waals surface area contributed by atoms with Crippen molar-refractivity contribution in [3.8, 4) is 44.5 Å². The van der Waals surface area contributed by atoms with Crippen molar-refractivity contribution in [2.45, 2.75) is 221 Å². The quantitative estimate of drug-likeness (QED) is 0.156. The van der Waals surface area contributed by atoms with E-state index in [0.29, 0.717) is 0 Å². The molecule has 8 aliphatic rings. The maximum atomic E-state index is 2.61. The number of hydrogen-bond acceptors (Lipinski definition) is 1. The minimum absolute atomic E-state index is 0.00493. The molecule has 0 amide bonds. The molecular formula is C78H96S. The molecule has 0 saturated carbocycles. The van der Waals surface area contributed by atoms with Crippen molar-refractivity contribution in [3.05, 3.63) is 210 Å². The molecule has 0 fully saturated rings. The van der Waals surface area contributed by atoms with Crippen LogP contribution < -0.4 is 0 Å². The van der Waals surface area contributed by atoms with Crippen LogP contribution in [0.1, 0.15) is 255 Å². The predicted molar refractivity (Wildman–Crippen MR) is 348 cm³/mol. The van der Waals surface area contributed by atoms with Crippen molar-refractivity contribution < 1.29 is 0 Å². The molecule has 1 heterocycles. The Bertz CT molecular complexity index is 3110. The molecule has 1 aromatic rings. The summed E-state index contributed by atoms with van der Waals surface area (Å²) in [6, 6.07) is 54.5. The third-order valence-corrected chi connectivity index (χ3v) is 18.6. The summed E-state index contributed by atoms with van der Waals surface area (Å²) in [5, 5.41) is 0. The van der Waals surface area contributed by atoms with Gasteiger partial charge < -0.3 is 0 Å². The summed E-state index contributed by atoms with van der Waals surface area (Å²) in [6.07, 6.45) is 0. The van der Waals surface area contributed by atoms with Gasteiger partial charge >= 0.3 is 0 Å². The van der Waals surface area contributed by atoms with Gasteiger partial charge in [-0.1, -0.05) is 287 Å². The normalized spacial score (nSPS) is 13.8. The van der Waals surface area contributed by atoms with Crippen LogP contribution in [0.25, 0.3) is 44.5 Å². The van der Waals surface area contributed by atoms with Crippen LogP contribution in [0.15, 0.2) is 133 Å². The lowest BCUT2D eigenvalue weighted by molar-refractivity contribution is 0.590. The zero-order chi connectivity index (χ0) is 58.1. The highest BCUT2D eigenvalue weighted by Gasteiger charge is 2.38. The van der Waals surface area contributed by atoms with Crippen molar-refractivity contribution in [1.29, 1.82) is 0 Å². The van der Waals surface area contributed by atoms with Gasteiger partial charge in [-0.3, -0.25) is 0 Å². The summed E-state index contributed by atoms with van der Waals surface area (Å²) in [5.41, 5.74) is 27.1. The molecule has 414 valence electrons. The molecule has 0 saturated heterocycles. The Balaban J connectivity index is 1.43. The van der Waals surface area contributed by atoms with E-state index in [9.17, 15) is 0 Å². The molecule has 0 spiro atoms. The third kappa shape index (κ3) is 11.2. The van der Waals surface area contributed by atoms with E-state index in [1.165, 1.54) is 121 Å². The molecule has 1 aromatic heterocycles. The zero-order valence-corrected chi connectivity index (χ0v) is 54.1. The van der Waals surface area contributed by atoms with Gasteiger partial charge in [0.05, 0.1) is 0 Å². The van der Waals surface area contributed by atoms with E-state index >= 15 is 0 Å². The molecule has 8 aliphatic carbocycles. The van der Waals surface area contributed by atoms with E-state index in [-0.39, 0.29) is 55.2 Å². The van der Waals surface area contributed by atoms with Crippen molar-refractivity contribution >= 4 is 11.3 Å². The minimum atomic E-state index is -0.0824. The van der Waals surface area contributed by atoms with E-state index in [4.69, 9.17) is 0 Å². The number of fused-ring (bicyclic) bond motifs is 4. The van der Waals surface area contributed by atoms with Crippen LogP contribution in [0, 0.1) is 0 Å². The molecular weight excluding hydrogens is 969 g/mol. The Morgan fingerprint density at radius 3 is 0.557 bits per heavy atom. The summed E-state index contributed by atoms with van der Waals surface area (Å²) in [5.74, 6) is -0.0834. The van der Waals surface area contributed by atoms with Gasteiger partial charge in [-0.05, 0) is 167 Å². The summed E-state index contributed by atoms with van der Waals surface area (Å²) in [7, 11) is 0. The Hall–Kier alpha value is -5.50.